The molecular weight excluding hydrogens is 290 g/mol. The van der Waals surface area contributed by atoms with Gasteiger partial charge < -0.3 is 10.3 Å². The van der Waals surface area contributed by atoms with Crippen LogP contribution in [-0.2, 0) is 16.6 Å². The van der Waals surface area contributed by atoms with Crippen LogP contribution in [0, 0.1) is 20.8 Å². The number of nitrogens with two attached hydrogens (primary N) is 1. The highest BCUT2D eigenvalue weighted by atomic mass is 32.2. The molecule has 0 bridgehead atoms. The zero-order valence-corrected chi connectivity index (χ0v) is 13.4. The second-order valence-electron chi connectivity index (χ2n) is 5.08. The fourth-order valence-electron chi connectivity index (χ4n) is 2.02. The average Bonchev–Trinajstić information content (AvgIpc) is 2.73. The van der Waals surface area contributed by atoms with Gasteiger partial charge in [0.15, 0.2) is 0 Å². The lowest BCUT2D eigenvalue weighted by Gasteiger charge is -2.17. The molecule has 0 aliphatic heterocycles. The molecule has 21 heavy (non-hydrogen) atoms. The molecule has 0 radical (unpaired) electrons. The van der Waals surface area contributed by atoms with E-state index in [0.29, 0.717) is 17.1 Å². The number of sulfonamides is 1. The summed E-state index contributed by atoms with van der Waals surface area (Å²) in [6.07, 6.45) is 0. The topological polar surface area (TPSA) is 89.4 Å². The van der Waals surface area contributed by atoms with Crippen molar-refractivity contribution in [2.24, 2.45) is 0 Å². The molecule has 0 amide bonds. The van der Waals surface area contributed by atoms with Crippen molar-refractivity contribution in [3.05, 3.63) is 40.8 Å². The van der Waals surface area contributed by atoms with Crippen LogP contribution in [0.4, 0.5) is 5.69 Å². The molecule has 0 saturated carbocycles. The number of aryl methyl sites for hydroxylation is 3. The van der Waals surface area contributed by atoms with Crippen molar-refractivity contribution < 1.29 is 12.9 Å². The smallest absolute Gasteiger partial charge is 0.243 e. The van der Waals surface area contributed by atoms with Gasteiger partial charge >= 0.3 is 0 Å². The van der Waals surface area contributed by atoms with Gasteiger partial charge in [-0.3, -0.25) is 0 Å². The normalized spacial score (nSPS) is 12.0. The van der Waals surface area contributed by atoms with Crippen molar-refractivity contribution >= 4 is 15.7 Å². The van der Waals surface area contributed by atoms with Crippen molar-refractivity contribution in [3.63, 3.8) is 0 Å². The minimum atomic E-state index is -3.58. The van der Waals surface area contributed by atoms with Gasteiger partial charge in [0.25, 0.3) is 0 Å². The third-order valence-corrected chi connectivity index (χ3v) is 5.31. The highest BCUT2D eigenvalue weighted by Crippen LogP contribution is 2.22. The minimum absolute atomic E-state index is 0.215. The number of hydrogen-bond donors (Lipinski definition) is 1. The van der Waals surface area contributed by atoms with Crippen LogP contribution in [0.2, 0.25) is 0 Å². The number of benzene rings is 1. The molecule has 2 N–H and O–H groups in total. The zero-order valence-electron chi connectivity index (χ0n) is 12.5. The van der Waals surface area contributed by atoms with E-state index in [9.17, 15) is 8.42 Å². The zero-order chi connectivity index (χ0) is 15.8. The summed E-state index contributed by atoms with van der Waals surface area (Å²) in [5, 5.41) is 3.84. The summed E-state index contributed by atoms with van der Waals surface area (Å²) in [7, 11) is -2.04. The number of nitrogens with zero attached hydrogens (tertiary/aromatic N) is 2. The minimum Gasteiger partial charge on any atom is -0.399 e. The number of rotatable bonds is 4. The predicted octanol–water partition coefficient (Wildman–Crippen LogP) is 2.00. The Morgan fingerprint density at radius 3 is 2.48 bits per heavy atom. The van der Waals surface area contributed by atoms with E-state index < -0.39 is 10.0 Å². The Morgan fingerprint density at radius 2 is 1.95 bits per heavy atom. The quantitative estimate of drug-likeness (QED) is 0.873. The van der Waals surface area contributed by atoms with Gasteiger partial charge in [0.05, 0.1) is 10.6 Å². The van der Waals surface area contributed by atoms with E-state index >= 15 is 0 Å². The largest absolute Gasteiger partial charge is 0.399 e. The summed E-state index contributed by atoms with van der Waals surface area (Å²) in [4.78, 5) is 0.225. The second kappa shape index (κ2) is 5.50. The summed E-state index contributed by atoms with van der Waals surface area (Å²) in [6.45, 7) is 5.55. The molecule has 0 fully saturated rings. The van der Waals surface area contributed by atoms with Crippen LogP contribution in [-0.4, -0.2) is 24.9 Å². The molecule has 0 unspecified atom stereocenters. The Balaban J connectivity index is 2.32. The summed E-state index contributed by atoms with van der Waals surface area (Å²) in [5.41, 5.74) is 8.52. The van der Waals surface area contributed by atoms with E-state index in [1.54, 1.807) is 32.9 Å². The van der Waals surface area contributed by atoms with Crippen LogP contribution in [0.5, 0.6) is 0 Å². The Bertz CT molecular complexity index is 746. The Hall–Kier alpha value is -1.86. The van der Waals surface area contributed by atoms with E-state index in [-0.39, 0.29) is 11.4 Å². The molecule has 0 aliphatic rings. The van der Waals surface area contributed by atoms with Crippen LogP contribution >= 0.6 is 0 Å². The standard InChI is InChI=1S/C14H19N3O3S/c1-9-7-12(5-6-14(9)15)21(18,19)17(4)8-13-10(2)16-20-11(13)3/h5-7H,8,15H2,1-4H3. The molecule has 0 atom stereocenters. The van der Waals surface area contributed by atoms with Crippen molar-refractivity contribution in [2.75, 3.05) is 12.8 Å². The van der Waals surface area contributed by atoms with E-state index in [0.717, 1.165) is 11.1 Å². The maximum Gasteiger partial charge on any atom is 0.243 e. The molecule has 1 heterocycles. The third kappa shape index (κ3) is 2.93. The monoisotopic (exact) mass is 309 g/mol. The van der Waals surface area contributed by atoms with E-state index in [2.05, 4.69) is 5.16 Å². The lowest BCUT2D eigenvalue weighted by atomic mass is 10.2. The maximum atomic E-state index is 12.6. The van der Waals surface area contributed by atoms with Crippen LogP contribution in [0.3, 0.4) is 0 Å². The third-order valence-electron chi connectivity index (χ3n) is 3.51. The molecule has 1 aromatic carbocycles. The lowest BCUT2D eigenvalue weighted by Crippen LogP contribution is -2.27. The molecule has 7 heteroatoms. The van der Waals surface area contributed by atoms with Gasteiger partial charge in [-0.25, -0.2) is 8.42 Å². The summed E-state index contributed by atoms with van der Waals surface area (Å²) in [5.74, 6) is 0.628. The summed E-state index contributed by atoms with van der Waals surface area (Å²) in [6, 6.07) is 4.70. The van der Waals surface area contributed by atoms with Gasteiger partial charge in [-0.2, -0.15) is 4.31 Å². The van der Waals surface area contributed by atoms with Crippen molar-refractivity contribution in [1.82, 2.24) is 9.46 Å². The maximum absolute atomic E-state index is 12.6. The van der Waals surface area contributed by atoms with Crippen LogP contribution in [0.25, 0.3) is 0 Å². The molecule has 114 valence electrons. The molecule has 0 aliphatic carbocycles. The first-order chi connectivity index (χ1) is 9.73. The fourth-order valence-corrected chi connectivity index (χ4v) is 3.25. The molecular formula is C14H19N3O3S. The van der Waals surface area contributed by atoms with Crippen molar-refractivity contribution in [2.45, 2.75) is 32.2 Å². The molecule has 0 spiro atoms. The molecule has 6 nitrogen and oxygen atoms in total. The Morgan fingerprint density at radius 1 is 1.29 bits per heavy atom. The summed E-state index contributed by atoms with van der Waals surface area (Å²) < 4.78 is 31.5. The van der Waals surface area contributed by atoms with Gasteiger partial charge in [0.1, 0.15) is 5.76 Å². The van der Waals surface area contributed by atoms with Crippen LogP contribution in [0.1, 0.15) is 22.6 Å². The van der Waals surface area contributed by atoms with Crippen LogP contribution in [0.15, 0.2) is 27.6 Å². The van der Waals surface area contributed by atoms with Gasteiger partial charge in [0.2, 0.25) is 10.0 Å². The molecule has 2 rings (SSSR count). The Labute approximate surface area is 124 Å². The van der Waals surface area contributed by atoms with Gasteiger partial charge in [-0.1, -0.05) is 5.16 Å². The Kier molecular flexibility index (Phi) is 4.06. The van der Waals surface area contributed by atoms with Crippen molar-refractivity contribution in [1.29, 1.82) is 0 Å². The lowest BCUT2D eigenvalue weighted by molar-refractivity contribution is 0.390. The van der Waals surface area contributed by atoms with Crippen LogP contribution < -0.4 is 5.73 Å². The van der Waals surface area contributed by atoms with Crippen molar-refractivity contribution in [3.8, 4) is 0 Å². The van der Waals surface area contributed by atoms with E-state index in [1.807, 2.05) is 0 Å². The first kappa shape index (κ1) is 15.5. The molecule has 0 saturated heterocycles. The molecule has 2 aromatic rings. The van der Waals surface area contributed by atoms with Gasteiger partial charge in [-0.05, 0) is 44.5 Å². The highest BCUT2D eigenvalue weighted by Gasteiger charge is 2.23. The SMILES string of the molecule is Cc1cc(S(=O)(=O)N(C)Cc2c(C)noc2C)ccc1N. The number of anilines is 1. The van der Waals surface area contributed by atoms with E-state index in [1.165, 1.54) is 17.4 Å². The number of nitrogen functional groups attached to an aromatic ring is 1. The second-order valence-corrected chi connectivity index (χ2v) is 7.13. The first-order valence-corrected chi connectivity index (χ1v) is 7.91. The van der Waals surface area contributed by atoms with Gasteiger partial charge in [0, 0.05) is 24.8 Å². The average molecular weight is 309 g/mol. The summed E-state index contributed by atoms with van der Waals surface area (Å²) >= 11 is 0. The first-order valence-electron chi connectivity index (χ1n) is 6.47. The fraction of sp³-hybridized carbons (Fsp3) is 0.357. The highest BCUT2D eigenvalue weighted by molar-refractivity contribution is 7.89. The molecule has 1 aromatic heterocycles. The number of aromatic nitrogens is 1. The van der Waals surface area contributed by atoms with Gasteiger partial charge in [-0.15, -0.1) is 0 Å². The van der Waals surface area contributed by atoms with E-state index in [4.69, 9.17) is 10.3 Å². The number of hydrogen-bond acceptors (Lipinski definition) is 5. The predicted molar refractivity (Wildman–Crippen MR) is 80.2 cm³/mol.